The molecule has 1 N–H and O–H groups in total. The van der Waals surface area contributed by atoms with Gasteiger partial charge in [-0.15, -0.1) is 0 Å². The summed E-state index contributed by atoms with van der Waals surface area (Å²) in [6.07, 6.45) is -3.77. The number of halogens is 3. The first-order valence-corrected chi connectivity index (χ1v) is 8.29. The summed E-state index contributed by atoms with van der Waals surface area (Å²) in [5.41, 5.74) is 2.70. The van der Waals surface area contributed by atoms with E-state index in [4.69, 9.17) is 0 Å². The van der Waals surface area contributed by atoms with Gasteiger partial charge in [0.15, 0.2) is 6.04 Å². The van der Waals surface area contributed by atoms with E-state index in [9.17, 15) is 18.0 Å². The Hall–Kier alpha value is -2.08. The van der Waals surface area contributed by atoms with E-state index < -0.39 is 23.5 Å². The molecule has 1 atom stereocenters. The summed E-state index contributed by atoms with van der Waals surface area (Å²) in [5.74, 6) is -0.392. The standard InChI is InChI=1S/C19H21F3N2O/c1-4-12-8-9-13-6-5-7-14(15(13)10-12)16(19(20,21)22)24-11-18(2,3)17(25)23-24/h5-10,16H,4,11H2,1-3H3,(H,23,25). The van der Waals surface area contributed by atoms with E-state index in [1.165, 1.54) is 6.07 Å². The Bertz CT molecular complexity index is 814. The van der Waals surface area contributed by atoms with Gasteiger partial charge in [-0.1, -0.05) is 43.3 Å². The number of nitrogens with one attached hydrogen (secondary N) is 1. The van der Waals surface area contributed by atoms with E-state index >= 15 is 0 Å². The van der Waals surface area contributed by atoms with Gasteiger partial charge >= 0.3 is 6.18 Å². The van der Waals surface area contributed by atoms with E-state index in [0.29, 0.717) is 5.39 Å². The molecule has 1 aliphatic rings. The van der Waals surface area contributed by atoms with Crippen LogP contribution in [0.15, 0.2) is 36.4 Å². The summed E-state index contributed by atoms with van der Waals surface area (Å²) in [6.45, 7) is 5.26. The maximum atomic E-state index is 14.0. The smallest absolute Gasteiger partial charge is 0.287 e. The van der Waals surface area contributed by atoms with Crippen molar-refractivity contribution in [3.8, 4) is 0 Å². The van der Waals surface area contributed by atoms with Crippen LogP contribution in [-0.4, -0.2) is 23.6 Å². The summed E-state index contributed by atoms with van der Waals surface area (Å²) < 4.78 is 41.9. The van der Waals surface area contributed by atoms with Gasteiger partial charge in [0.2, 0.25) is 5.91 Å². The minimum atomic E-state index is -4.51. The molecular formula is C19H21F3N2O. The van der Waals surface area contributed by atoms with Gasteiger partial charge in [0.1, 0.15) is 0 Å². The second kappa shape index (κ2) is 6.02. The lowest BCUT2D eigenvalue weighted by atomic mass is 9.92. The largest absolute Gasteiger partial charge is 0.409 e. The van der Waals surface area contributed by atoms with Gasteiger partial charge in [0, 0.05) is 6.54 Å². The van der Waals surface area contributed by atoms with Crippen molar-refractivity contribution in [2.24, 2.45) is 5.41 Å². The molecule has 0 radical (unpaired) electrons. The third kappa shape index (κ3) is 3.23. The van der Waals surface area contributed by atoms with E-state index in [1.807, 2.05) is 25.1 Å². The van der Waals surface area contributed by atoms with Crippen LogP contribution in [0.3, 0.4) is 0 Å². The molecule has 0 aromatic heterocycles. The van der Waals surface area contributed by atoms with Crippen molar-refractivity contribution in [2.75, 3.05) is 6.54 Å². The third-order valence-electron chi connectivity index (χ3n) is 4.73. The Labute approximate surface area is 144 Å². The molecule has 3 rings (SSSR count). The summed E-state index contributed by atoms with van der Waals surface area (Å²) in [4.78, 5) is 12.0. The zero-order valence-corrected chi connectivity index (χ0v) is 14.4. The number of hydrogen-bond acceptors (Lipinski definition) is 2. The number of amides is 1. The Balaban J connectivity index is 2.15. The lowest BCUT2D eigenvalue weighted by Gasteiger charge is -2.30. The molecule has 6 heteroatoms. The number of aryl methyl sites for hydroxylation is 1. The lowest BCUT2D eigenvalue weighted by Crippen LogP contribution is -2.43. The highest BCUT2D eigenvalue weighted by Crippen LogP contribution is 2.42. The first-order chi connectivity index (χ1) is 11.6. The molecule has 25 heavy (non-hydrogen) atoms. The Morgan fingerprint density at radius 1 is 1.24 bits per heavy atom. The average molecular weight is 350 g/mol. The van der Waals surface area contributed by atoms with Gasteiger partial charge in [-0.25, -0.2) is 5.01 Å². The first-order valence-electron chi connectivity index (χ1n) is 8.29. The van der Waals surface area contributed by atoms with Crippen molar-refractivity contribution < 1.29 is 18.0 Å². The molecule has 0 bridgehead atoms. The number of fused-ring (bicyclic) bond motifs is 1. The second-order valence-electron chi connectivity index (χ2n) is 7.15. The summed E-state index contributed by atoms with van der Waals surface area (Å²) in [7, 11) is 0. The monoisotopic (exact) mass is 350 g/mol. The molecule has 1 fully saturated rings. The number of carbonyl (C=O) groups excluding carboxylic acids is 1. The van der Waals surface area contributed by atoms with Crippen molar-refractivity contribution in [2.45, 2.75) is 39.4 Å². The van der Waals surface area contributed by atoms with Crippen molar-refractivity contribution in [3.05, 3.63) is 47.5 Å². The quantitative estimate of drug-likeness (QED) is 0.891. The predicted molar refractivity (Wildman–Crippen MR) is 90.8 cm³/mol. The van der Waals surface area contributed by atoms with E-state index in [2.05, 4.69) is 5.43 Å². The van der Waals surface area contributed by atoms with Gasteiger partial charge in [-0.3, -0.25) is 10.2 Å². The number of rotatable bonds is 3. The highest BCUT2D eigenvalue weighted by atomic mass is 19.4. The number of hydrogen-bond donors (Lipinski definition) is 1. The van der Waals surface area contributed by atoms with Crippen molar-refractivity contribution in [1.29, 1.82) is 0 Å². The van der Waals surface area contributed by atoms with Crippen LogP contribution >= 0.6 is 0 Å². The third-order valence-corrected chi connectivity index (χ3v) is 4.73. The Morgan fingerprint density at radius 3 is 2.52 bits per heavy atom. The Kier molecular flexibility index (Phi) is 4.27. The molecule has 0 saturated carbocycles. The topological polar surface area (TPSA) is 32.3 Å². The van der Waals surface area contributed by atoms with E-state index in [0.717, 1.165) is 22.4 Å². The number of benzene rings is 2. The number of carbonyl (C=O) groups is 1. The summed E-state index contributed by atoms with van der Waals surface area (Å²) >= 11 is 0. The molecule has 1 heterocycles. The lowest BCUT2D eigenvalue weighted by molar-refractivity contribution is -0.191. The number of nitrogens with zero attached hydrogens (tertiary/aromatic N) is 1. The first kappa shape index (κ1) is 17.7. The fourth-order valence-corrected chi connectivity index (χ4v) is 3.30. The van der Waals surface area contributed by atoms with Gasteiger partial charge in [0.25, 0.3) is 0 Å². The fourth-order valence-electron chi connectivity index (χ4n) is 3.30. The zero-order valence-electron chi connectivity index (χ0n) is 14.4. The average Bonchev–Trinajstić information content (AvgIpc) is 2.78. The SMILES string of the molecule is CCc1ccc2cccc(C(N3CC(C)(C)C(=O)N3)C(F)(F)F)c2c1. The minimum Gasteiger partial charge on any atom is -0.287 e. The van der Waals surface area contributed by atoms with Gasteiger partial charge in [-0.2, -0.15) is 13.2 Å². The van der Waals surface area contributed by atoms with Gasteiger partial charge in [-0.05, 0) is 42.2 Å². The number of hydrazine groups is 1. The number of alkyl halides is 3. The molecular weight excluding hydrogens is 329 g/mol. The molecule has 134 valence electrons. The van der Waals surface area contributed by atoms with Crippen LogP contribution in [0, 0.1) is 5.41 Å². The maximum Gasteiger partial charge on any atom is 0.409 e. The minimum absolute atomic E-state index is 0.000133. The van der Waals surface area contributed by atoms with E-state index in [1.54, 1.807) is 26.0 Å². The molecule has 1 amide bonds. The van der Waals surface area contributed by atoms with Crippen molar-refractivity contribution in [3.63, 3.8) is 0 Å². The molecule has 3 nitrogen and oxygen atoms in total. The molecule has 2 aromatic carbocycles. The highest BCUT2D eigenvalue weighted by molar-refractivity contribution is 5.87. The van der Waals surface area contributed by atoms with Gasteiger partial charge in [0.05, 0.1) is 5.41 Å². The van der Waals surface area contributed by atoms with E-state index in [-0.39, 0.29) is 12.1 Å². The van der Waals surface area contributed by atoms with Crippen LogP contribution in [0.2, 0.25) is 0 Å². The maximum absolute atomic E-state index is 14.0. The van der Waals surface area contributed by atoms with Crippen LogP contribution in [0.5, 0.6) is 0 Å². The van der Waals surface area contributed by atoms with Crippen LogP contribution in [0.4, 0.5) is 13.2 Å². The second-order valence-corrected chi connectivity index (χ2v) is 7.15. The molecule has 0 aliphatic carbocycles. The fraction of sp³-hybridized carbons (Fsp3) is 0.421. The Morgan fingerprint density at radius 2 is 1.96 bits per heavy atom. The zero-order chi connectivity index (χ0) is 18.4. The normalized spacial score (nSPS) is 19.2. The molecule has 0 spiro atoms. The van der Waals surface area contributed by atoms with Crippen LogP contribution in [-0.2, 0) is 11.2 Å². The molecule has 1 aliphatic heterocycles. The molecule has 1 saturated heterocycles. The van der Waals surface area contributed by atoms with Crippen molar-refractivity contribution in [1.82, 2.24) is 10.4 Å². The summed E-state index contributed by atoms with van der Waals surface area (Å²) in [6, 6.07) is 8.63. The molecule has 1 unspecified atom stereocenters. The van der Waals surface area contributed by atoms with Crippen LogP contribution in [0.1, 0.15) is 37.9 Å². The molecule has 2 aromatic rings. The van der Waals surface area contributed by atoms with Crippen LogP contribution < -0.4 is 5.43 Å². The highest BCUT2D eigenvalue weighted by Gasteiger charge is 2.51. The summed E-state index contributed by atoms with van der Waals surface area (Å²) in [5, 5.41) is 2.35. The van der Waals surface area contributed by atoms with Crippen molar-refractivity contribution >= 4 is 16.7 Å². The van der Waals surface area contributed by atoms with Gasteiger partial charge < -0.3 is 0 Å². The van der Waals surface area contributed by atoms with Crippen LogP contribution in [0.25, 0.3) is 10.8 Å². The predicted octanol–water partition coefficient (Wildman–Crippen LogP) is 4.38.